The predicted octanol–water partition coefficient (Wildman–Crippen LogP) is 5.40. The number of nitrogens with one attached hydrogen (secondary N) is 1. The van der Waals surface area contributed by atoms with Gasteiger partial charge in [0.2, 0.25) is 0 Å². The Morgan fingerprint density at radius 3 is 2.52 bits per heavy atom. The van der Waals surface area contributed by atoms with Gasteiger partial charge in [-0.3, -0.25) is 0 Å². The summed E-state index contributed by atoms with van der Waals surface area (Å²) >= 11 is 3.11. The molecule has 0 spiro atoms. The molecule has 1 N–H and O–H groups in total. The Morgan fingerprint density at radius 1 is 1.24 bits per heavy atom. The SMILES string of the molecule is CCC(NC)c1ccc(-c2cc(Br)cc(C(F)(F)F)c2)o1. The van der Waals surface area contributed by atoms with E-state index in [-0.39, 0.29) is 6.04 Å². The van der Waals surface area contributed by atoms with E-state index in [9.17, 15) is 13.2 Å². The second kappa shape index (κ2) is 6.23. The van der Waals surface area contributed by atoms with Crippen LogP contribution in [0.25, 0.3) is 11.3 Å². The topological polar surface area (TPSA) is 25.2 Å². The van der Waals surface area contributed by atoms with Crippen LogP contribution >= 0.6 is 15.9 Å². The van der Waals surface area contributed by atoms with Gasteiger partial charge in [-0.2, -0.15) is 13.2 Å². The first-order chi connectivity index (χ1) is 9.85. The molecule has 0 aliphatic rings. The molecular formula is C15H15BrF3NO. The number of hydrogen-bond acceptors (Lipinski definition) is 2. The Kier molecular flexibility index (Phi) is 4.78. The molecule has 1 aromatic carbocycles. The molecule has 0 aliphatic carbocycles. The summed E-state index contributed by atoms with van der Waals surface area (Å²) in [6, 6.07) is 7.28. The van der Waals surface area contributed by atoms with Gasteiger partial charge in [-0.15, -0.1) is 0 Å². The number of furan rings is 1. The molecule has 0 fully saturated rings. The first-order valence-corrected chi connectivity index (χ1v) is 7.29. The molecule has 1 unspecified atom stereocenters. The number of halogens is 4. The van der Waals surface area contributed by atoms with E-state index in [0.717, 1.165) is 18.6 Å². The Hall–Kier alpha value is -1.27. The maximum Gasteiger partial charge on any atom is 0.416 e. The summed E-state index contributed by atoms with van der Waals surface area (Å²) in [6.45, 7) is 2.00. The molecular weight excluding hydrogens is 347 g/mol. The van der Waals surface area contributed by atoms with Crippen LogP contribution in [0.3, 0.4) is 0 Å². The molecule has 114 valence electrons. The Labute approximate surface area is 129 Å². The lowest BCUT2D eigenvalue weighted by Crippen LogP contribution is -2.14. The van der Waals surface area contributed by atoms with Gasteiger partial charge in [-0.1, -0.05) is 22.9 Å². The number of rotatable bonds is 4. The summed E-state index contributed by atoms with van der Waals surface area (Å²) in [5.74, 6) is 1.13. The van der Waals surface area contributed by atoms with E-state index in [1.54, 1.807) is 18.2 Å². The van der Waals surface area contributed by atoms with Crippen molar-refractivity contribution in [2.45, 2.75) is 25.6 Å². The second-order valence-corrected chi connectivity index (χ2v) is 5.59. The van der Waals surface area contributed by atoms with E-state index in [4.69, 9.17) is 4.42 Å². The van der Waals surface area contributed by atoms with E-state index >= 15 is 0 Å². The van der Waals surface area contributed by atoms with Gasteiger partial charge in [0.25, 0.3) is 0 Å². The van der Waals surface area contributed by atoms with Crippen molar-refractivity contribution in [3.8, 4) is 11.3 Å². The summed E-state index contributed by atoms with van der Waals surface area (Å²) in [5.41, 5.74) is -0.306. The van der Waals surface area contributed by atoms with Gasteiger partial charge in [-0.05, 0) is 43.8 Å². The van der Waals surface area contributed by atoms with E-state index in [1.807, 2.05) is 14.0 Å². The zero-order valence-electron chi connectivity index (χ0n) is 11.6. The van der Waals surface area contributed by atoms with E-state index in [0.29, 0.717) is 21.6 Å². The average Bonchev–Trinajstić information content (AvgIpc) is 2.88. The molecule has 2 nitrogen and oxygen atoms in total. The van der Waals surface area contributed by atoms with Crippen LogP contribution in [0.5, 0.6) is 0 Å². The first kappa shape index (κ1) is 16.1. The van der Waals surface area contributed by atoms with Crippen LogP contribution in [0.15, 0.2) is 39.2 Å². The zero-order valence-corrected chi connectivity index (χ0v) is 13.2. The highest BCUT2D eigenvalue weighted by molar-refractivity contribution is 9.10. The van der Waals surface area contributed by atoms with Gasteiger partial charge in [-0.25, -0.2) is 0 Å². The minimum absolute atomic E-state index is 0.0491. The maximum atomic E-state index is 12.8. The van der Waals surface area contributed by atoms with Crippen LogP contribution in [0.4, 0.5) is 13.2 Å². The lowest BCUT2D eigenvalue weighted by molar-refractivity contribution is -0.137. The van der Waals surface area contributed by atoms with Crippen LogP contribution in [0, 0.1) is 0 Å². The summed E-state index contributed by atoms with van der Waals surface area (Å²) in [7, 11) is 1.82. The Balaban J connectivity index is 2.41. The standard InChI is InChI=1S/C15H15BrF3NO/c1-3-12(20-2)14-5-4-13(21-14)9-6-10(15(17,18)19)8-11(16)7-9/h4-8,12,20H,3H2,1-2H3. The van der Waals surface area contributed by atoms with Crippen LogP contribution in [0.2, 0.25) is 0 Å². The third-order valence-electron chi connectivity index (χ3n) is 3.24. The molecule has 1 atom stereocenters. The molecule has 1 heterocycles. The van der Waals surface area contributed by atoms with Crippen molar-refractivity contribution in [2.24, 2.45) is 0 Å². The molecule has 0 saturated heterocycles. The second-order valence-electron chi connectivity index (χ2n) is 4.68. The molecule has 0 bridgehead atoms. The van der Waals surface area contributed by atoms with E-state index in [2.05, 4.69) is 21.2 Å². The quantitative estimate of drug-likeness (QED) is 0.788. The van der Waals surface area contributed by atoms with E-state index < -0.39 is 11.7 Å². The zero-order chi connectivity index (χ0) is 15.6. The van der Waals surface area contributed by atoms with Crippen LogP contribution in [0.1, 0.15) is 30.7 Å². The van der Waals surface area contributed by atoms with Gasteiger partial charge in [0.1, 0.15) is 11.5 Å². The Bertz CT molecular complexity index is 618. The lowest BCUT2D eigenvalue weighted by Gasteiger charge is -2.11. The molecule has 0 aliphatic heterocycles. The smallest absolute Gasteiger partial charge is 0.416 e. The van der Waals surface area contributed by atoms with Crippen molar-refractivity contribution < 1.29 is 17.6 Å². The number of benzene rings is 1. The van der Waals surface area contributed by atoms with Crippen molar-refractivity contribution >= 4 is 15.9 Å². The van der Waals surface area contributed by atoms with E-state index in [1.165, 1.54) is 0 Å². The molecule has 1 aromatic heterocycles. The van der Waals surface area contributed by atoms with Crippen LogP contribution in [-0.4, -0.2) is 7.05 Å². The van der Waals surface area contributed by atoms with Gasteiger partial charge in [0.15, 0.2) is 0 Å². The fourth-order valence-corrected chi connectivity index (χ4v) is 2.63. The normalized spacial score (nSPS) is 13.4. The van der Waals surface area contributed by atoms with Crippen molar-refractivity contribution in [3.63, 3.8) is 0 Å². The molecule has 0 radical (unpaired) electrons. The fourth-order valence-electron chi connectivity index (χ4n) is 2.14. The van der Waals surface area contributed by atoms with Crippen molar-refractivity contribution in [3.05, 3.63) is 46.1 Å². The molecule has 6 heteroatoms. The Morgan fingerprint density at radius 2 is 1.95 bits per heavy atom. The molecule has 2 aromatic rings. The van der Waals surface area contributed by atoms with Gasteiger partial charge in [0, 0.05) is 10.0 Å². The summed E-state index contributed by atoms with van der Waals surface area (Å²) < 4.78 is 44.6. The third kappa shape index (κ3) is 3.68. The number of hydrogen-bond donors (Lipinski definition) is 1. The number of alkyl halides is 3. The largest absolute Gasteiger partial charge is 0.459 e. The van der Waals surface area contributed by atoms with Gasteiger partial charge >= 0.3 is 6.18 Å². The summed E-state index contributed by atoms with van der Waals surface area (Å²) in [5, 5.41) is 3.10. The predicted molar refractivity (Wildman–Crippen MR) is 78.9 cm³/mol. The van der Waals surface area contributed by atoms with Gasteiger partial charge in [0.05, 0.1) is 11.6 Å². The third-order valence-corrected chi connectivity index (χ3v) is 3.69. The average molecular weight is 362 g/mol. The minimum atomic E-state index is -4.38. The summed E-state index contributed by atoms with van der Waals surface area (Å²) in [4.78, 5) is 0. The van der Waals surface area contributed by atoms with Crippen LogP contribution in [-0.2, 0) is 6.18 Å². The highest BCUT2D eigenvalue weighted by Gasteiger charge is 2.31. The van der Waals surface area contributed by atoms with Gasteiger partial charge < -0.3 is 9.73 Å². The monoisotopic (exact) mass is 361 g/mol. The van der Waals surface area contributed by atoms with Crippen molar-refractivity contribution in [1.29, 1.82) is 0 Å². The lowest BCUT2D eigenvalue weighted by atomic mass is 10.1. The highest BCUT2D eigenvalue weighted by atomic mass is 79.9. The highest BCUT2D eigenvalue weighted by Crippen LogP contribution is 2.35. The van der Waals surface area contributed by atoms with Crippen molar-refractivity contribution in [2.75, 3.05) is 7.05 Å². The summed E-state index contributed by atoms with van der Waals surface area (Å²) in [6.07, 6.45) is -3.55. The first-order valence-electron chi connectivity index (χ1n) is 6.50. The van der Waals surface area contributed by atoms with Crippen molar-refractivity contribution in [1.82, 2.24) is 5.32 Å². The molecule has 21 heavy (non-hydrogen) atoms. The molecule has 2 rings (SSSR count). The maximum absolute atomic E-state index is 12.8. The van der Waals surface area contributed by atoms with Crippen LogP contribution < -0.4 is 5.32 Å². The molecule has 0 saturated carbocycles. The molecule has 0 amide bonds. The minimum Gasteiger partial charge on any atom is -0.459 e. The fraction of sp³-hybridized carbons (Fsp3) is 0.333.